The second-order valence-corrected chi connectivity index (χ2v) is 4.91. The molecule has 0 radical (unpaired) electrons. The van der Waals surface area contributed by atoms with Crippen molar-refractivity contribution in [2.45, 2.75) is 12.5 Å². The van der Waals surface area contributed by atoms with Crippen LogP contribution in [0, 0.1) is 0 Å². The molecular weight excluding hydrogens is 386 g/mol. The van der Waals surface area contributed by atoms with Crippen LogP contribution in [0.15, 0.2) is 30.3 Å². The number of carbonyl (C=O) groups is 1. The molecule has 0 amide bonds. The molecule has 0 fully saturated rings. The molecule has 13 heteroatoms. The quantitative estimate of drug-likeness (QED) is 0.642. The van der Waals surface area contributed by atoms with Gasteiger partial charge in [0, 0.05) is 17.8 Å². The number of ether oxygens (including phenoxy) is 1. The largest absolute Gasteiger partial charge is 0.573 e. The third-order valence-electron chi connectivity index (χ3n) is 2.75. The van der Waals surface area contributed by atoms with E-state index in [9.17, 15) is 31.1 Å². The van der Waals surface area contributed by atoms with Crippen LogP contribution in [0.3, 0.4) is 0 Å². The lowest BCUT2D eigenvalue weighted by Crippen LogP contribution is -2.18. The summed E-state index contributed by atoms with van der Waals surface area (Å²) in [6, 6.07) is 4.86. The van der Waals surface area contributed by atoms with Crippen molar-refractivity contribution in [3.63, 3.8) is 0 Å². The van der Waals surface area contributed by atoms with Crippen molar-refractivity contribution in [3.8, 4) is 5.75 Å². The number of rotatable bonds is 6. The SMILES string of the molecule is O=C(O)CNc1nc(Nc2cccc(OC(F)(F)F)c2)cc(C(F)(F)F)n1. The van der Waals surface area contributed by atoms with E-state index in [1.807, 2.05) is 0 Å². The van der Waals surface area contributed by atoms with Crippen molar-refractivity contribution in [1.29, 1.82) is 0 Å². The Bertz CT molecular complexity index is 825. The van der Waals surface area contributed by atoms with Crippen LogP contribution in [-0.4, -0.2) is 34.0 Å². The molecule has 7 nitrogen and oxygen atoms in total. The van der Waals surface area contributed by atoms with Gasteiger partial charge in [0.15, 0.2) is 5.69 Å². The van der Waals surface area contributed by atoms with Crippen LogP contribution in [0.5, 0.6) is 5.75 Å². The Kier molecular flexibility index (Phi) is 5.61. The standard InChI is InChI=1S/C14H10F6N4O3/c15-13(16,17)9-5-10(24-12(23-9)21-6-11(25)26)22-7-2-1-3-8(4-7)27-14(18,19)20/h1-5H,6H2,(H,25,26)(H2,21,22,23,24). The molecule has 0 aliphatic rings. The van der Waals surface area contributed by atoms with Crippen molar-refractivity contribution in [2.75, 3.05) is 17.2 Å². The molecule has 0 saturated heterocycles. The summed E-state index contributed by atoms with van der Waals surface area (Å²) in [5, 5.41) is 13.0. The molecule has 0 atom stereocenters. The highest BCUT2D eigenvalue weighted by molar-refractivity contribution is 5.72. The molecule has 0 aliphatic carbocycles. The number of carboxylic acids is 1. The molecule has 3 N–H and O–H groups in total. The zero-order valence-electron chi connectivity index (χ0n) is 13.0. The van der Waals surface area contributed by atoms with E-state index >= 15 is 0 Å². The minimum atomic E-state index is -4.94. The molecule has 0 bridgehead atoms. The summed E-state index contributed by atoms with van der Waals surface area (Å²) in [7, 11) is 0. The number of nitrogens with zero attached hydrogens (tertiary/aromatic N) is 2. The second-order valence-electron chi connectivity index (χ2n) is 4.91. The Balaban J connectivity index is 2.30. The first-order valence-electron chi connectivity index (χ1n) is 6.97. The van der Waals surface area contributed by atoms with Crippen LogP contribution in [0.25, 0.3) is 0 Å². The number of aliphatic carboxylic acids is 1. The predicted molar refractivity (Wildman–Crippen MR) is 79.6 cm³/mol. The zero-order valence-corrected chi connectivity index (χ0v) is 13.0. The molecule has 2 aromatic rings. The van der Waals surface area contributed by atoms with Crippen LogP contribution < -0.4 is 15.4 Å². The number of hydrogen-bond donors (Lipinski definition) is 3. The third-order valence-corrected chi connectivity index (χ3v) is 2.75. The highest BCUT2D eigenvalue weighted by Gasteiger charge is 2.34. The molecule has 1 aromatic heterocycles. The Morgan fingerprint density at radius 2 is 1.81 bits per heavy atom. The molecule has 1 aromatic carbocycles. The van der Waals surface area contributed by atoms with Gasteiger partial charge in [0.25, 0.3) is 0 Å². The smallest absolute Gasteiger partial charge is 0.480 e. The number of nitrogens with one attached hydrogen (secondary N) is 2. The minimum Gasteiger partial charge on any atom is -0.480 e. The molecule has 0 spiro atoms. The van der Waals surface area contributed by atoms with Gasteiger partial charge >= 0.3 is 18.5 Å². The highest BCUT2D eigenvalue weighted by Crippen LogP contribution is 2.31. The van der Waals surface area contributed by atoms with Crippen LogP contribution in [0.2, 0.25) is 0 Å². The third kappa shape index (κ3) is 6.52. The van der Waals surface area contributed by atoms with Crippen LogP contribution in [0.1, 0.15) is 5.69 Å². The van der Waals surface area contributed by atoms with Gasteiger partial charge in [-0.2, -0.15) is 18.2 Å². The van der Waals surface area contributed by atoms with Gasteiger partial charge in [0.05, 0.1) is 0 Å². The first-order chi connectivity index (χ1) is 12.4. The monoisotopic (exact) mass is 396 g/mol. The molecule has 0 aliphatic heterocycles. The Hall–Kier alpha value is -3.25. The van der Waals surface area contributed by atoms with Gasteiger partial charge in [-0.15, -0.1) is 13.2 Å². The summed E-state index contributed by atoms with van der Waals surface area (Å²) in [6.45, 7) is -0.740. The van der Waals surface area contributed by atoms with Gasteiger partial charge < -0.3 is 20.5 Å². The lowest BCUT2D eigenvalue weighted by atomic mass is 10.3. The minimum absolute atomic E-state index is 0.0484. The summed E-state index contributed by atoms with van der Waals surface area (Å²) in [6.07, 6.45) is -9.80. The zero-order chi connectivity index (χ0) is 20.2. The Labute approximate surface area is 147 Å². The highest BCUT2D eigenvalue weighted by atomic mass is 19.4. The van der Waals surface area contributed by atoms with E-state index in [0.717, 1.165) is 12.1 Å². The lowest BCUT2D eigenvalue weighted by Gasteiger charge is -2.13. The van der Waals surface area contributed by atoms with Crippen molar-refractivity contribution < 1.29 is 41.0 Å². The van der Waals surface area contributed by atoms with E-state index in [0.29, 0.717) is 6.07 Å². The molecule has 1 heterocycles. The molecule has 2 rings (SSSR count). The topological polar surface area (TPSA) is 96.4 Å². The average Bonchev–Trinajstić information content (AvgIpc) is 2.50. The summed E-state index contributed by atoms with van der Waals surface area (Å²) in [5.41, 5.74) is -1.43. The number of anilines is 3. The van der Waals surface area contributed by atoms with Gasteiger partial charge in [0.1, 0.15) is 18.1 Å². The van der Waals surface area contributed by atoms with Gasteiger partial charge in [0.2, 0.25) is 5.95 Å². The van der Waals surface area contributed by atoms with Crippen LogP contribution in [0.4, 0.5) is 43.8 Å². The molecule has 27 heavy (non-hydrogen) atoms. The maximum Gasteiger partial charge on any atom is 0.573 e. The number of carboxylic acid groups (broad SMARTS) is 1. The van der Waals surface area contributed by atoms with Gasteiger partial charge in [-0.25, -0.2) is 4.98 Å². The van der Waals surface area contributed by atoms with E-state index in [1.54, 1.807) is 0 Å². The van der Waals surface area contributed by atoms with Crippen molar-refractivity contribution in [2.24, 2.45) is 0 Å². The molecule has 0 unspecified atom stereocenters. The maximum absolute atomic E-state index is 12.9. The normalized spacial score (nSPS) is 11.8. The van der Waals surface area contributed by atoms with Gasteiger partial charge in [-0.1, -0.05) is 6.07 Å². The Morgan fingerprint density at radius 1 is 1.11 bits per heavy atom. The number of aromatic nitrogens is 2. The average molecular weight is 396 g/mol. The lowest BCUT2D eigenvalue weighted by molar-refractivity contribution is -0.274. The van der Waals surface area contributed by atoms with E-state index in [-0.39, 0.29) is 5.69 Å². The first kappa shape index (κ1) is 20.1. The summed E-state index contributed by atoms with van der Waals surface area (Å²) < 4.78 is 79.2. The van der Waals surface area contributed by atoms with Crippen molar-refractivity contribution >= 4 is 23.4 Å². The van der Waals surface area contributed by atoms with Crippen molar-refractivity contribution in [1.82, 2.24) is 9.97 Å². The van der Waals surface area contributed by atoms with Crippen molar-refractivity contribution in [3.05, 3.63) is 36.0 Å². The number of alkyl halides is 6. The fourth-order valence-corrected chi connectivity index (χ4v) is 1.81. The molecular formula is C14H10F6N4O3. The number of benzene rings is 1. The van der Waals surface area contributed by atoms with E-state index in [1.165, 1.54) is 12.1 Å². The van der Waals surface area contributed by atoms with Crippen LogP contribution >= 0.6 is 0 Å². The van der Waals surface area contributed by atoms with Crippen LogP contribution in [-0.2, 0) is 11.0 Å². The second kappa shape index (κ2) is 7.55. The van der Waals surface area contributed by atoms with E-state index < -0.39 is 48.3 Å². The predicted octanol–water partition coefficient (Wildman–Crippen LogP) is 3.63. The maximum atomic E-state index is 12.9. The molecule has 146 valence electrons. The Morgan fingerprint density at radius 3 is 2.41 bits per heavy atom. The van der Waals surface area contributed by atoms with E-state index in [2.05, 4.69) is 25.3 Å². The fraction of sp³-hybridized carbons (Fsp3) is 0.214. The summed E-state index contributed by atoms with van der Waals surface area (Å²) in [4.78, 5) is 17.3. The molecule has 0 saturated carbocycles. The summed E-state index contributed by atoms with van der Waals surface area (Å²) in [5.74, 6) is -3.00. The number of hydrogen-bond acceptors (Lipinski definition) is 6. The fourth-order valence-electron chi connectivity index (χ4n) is 1.81. The van der Waals surface area contributed by atoms with Gasteiger partial charge in [-0.05, 0) is 12.1 Å². The van der Waals surface area contributed by atoms with E-state index in [4.69, 9.17) is 5.11 Å². The van der Waals surface area contributed by atoms with Gasteiger partial charge in [-0.3, -0.25) is 4.79 Å². The first-order valence-corrected chi connectivity index (χ1v) is 6.97. The number of halogens is 6. The summed E-state index contributed by atoms with van der Waals surface area (Å²) >= 11 is 0.